The van der Waals surface area contributed by atoms with Gasteiger partial charge in [-0.2, -0.15) is 0 Å². The number of carbonyl (C=O) groups is 1. The Morgan fingerprint density at radius 2 is 1.78 bits per heavy atom. The third-order valence-electron chi connectivity index (χ3n) is 5.53. The van der Waals surface area contributed by atoms with Crippen molar-refractivity contribution in [1.29, 1.82) is 0 Å². The van der Waals surface area contributed by atoms with Crippen LogP contribution in [-0.2, 0) is 16.1 Å². The number of halogens is 3. The molecule has 0 saturated heterocycles. The summed E-state index contributed by atoms with van der Waals surface area (Å²) in [7, 11) is 0. The zero-order valence-corrected chi connectivity index (χ0v) is 20.7. The maximum absolute atomic E-state index is 12.5. The van der Waals surface area contributed by atoms with E-state index in [1.165, 1.54) is 12.1 Å². The van der Waals surface area contributed by atoms with Gasteiger partial charge in [0.1, 0.15) is 17.3 Å². The number of esters is 1. The molecule has 3 aromatic rings. The number of aryl methyl sites for hydroxylation is 2. The topological polar surface area (TPSA) is 62.6 Å². The molecule has 0 unspecified atom stereocenters. The Morgan fingerprint density at radius 3 is 2.47 bits per heavy atom. The normalized spacial score (nSPS) is 11.4. The second kappa shape index (κ2) is 12.5. The average molecular weight is 505 g/mol. The van der Waals surface area contributed by atoms with Crippen molar-refractivity contribution in [2.24, 2.45) is 0 Å². The lowest BCUT2D eigenvalue weighted by molar-refractivity contribution is -0.274. The van der Waals surface area contributed by atoms with Crippen LogP contribution in [0.4, 0.5) is 13.2 Å². The number of unbranched alkanes of at least 4 members (excludes halogenated alkanes) is 2. The molecule has 0 bridgehead atoms. The predicted molar refractivity (Wildman–Crippen MR) is 130 cm³/mol. The number of carbonyl (C=O) groups excluding carboxylic acids is 1. The molecule has 0 N–H and O–H groups in total. The summed E-state index contributed by atoms with van der Waals surface area (Å²) in [4.78, 5) is 15.9. The Hall–Kier alpha value is -3.49. The molecule has 9 heteroatoms. The zero-order chi connectivity index (χ0) is 26.1. The molecule has 1 heterocycles. The molecule has 6 nitrogen and oxygen atoms in total. The molecule has 2 aromatic carbocycles. The summed E-state index contributed by atoms with van der Waals surface area (Å²) in [5.41, 5.74) is 3.64. The fourth-order valence-electron chi connectivity index (χ4n) is 3.80. The van der Waals surface area contributed by atoms with Gasteiger partial charge >= 0.3 is 12.3 Å². The molecular formula is C27H31F3N2O4. The van der Waals surface area contributed by atoms with Gasteiger partial charge in [-0.3, -0.25) is 4.79 Å². The molecule has 0 aliphatic carbocycles. The van der Waals surface area contributed by atoms with E-state index in [2.05, 4.69) is 15.8 Å². The van der Waals surface area contributed by atoms with Crippen molar-refractivity contribution < 1.29 is 32.2 Å². The molecule has 0 fully saturated rings. The van der Waals surface area contributed by atoms with Crippen LogP contribution in [-0.4, -0.2) is 35.1 Å². The minimum Gasteiger partial charge on any atom is -0.493 e. The maximum atomic E-state index is 12.5. The van der Waals surface area contributed by atoms with Crippen molar-refractivity contribution in [2.75, 3.05) is 13.2 Å². The lowest BCUT2D eigenvalue weighted by Crippen LogP contribution is -2.17. The maximum Gasteiger partial charge on any atom is 0.573 e. The molecule has 0 aliphatic heterocycles. The van der Waals surface area contributed by atoms with Crippen molar-refractivity contribution in [3.05, 3.63) is 65.5 Å². The number of imidazole rings is 1. The lowest BCUT2D eigenvalue weighted by atomic mass is 10.1. The highest BCUT2D eigenvalue weighted by molar-refractivity contribution is 5.69. The average Bonchev–Trinajstić information content (AvgIpc) is 3.17. The Bertz CT molecular complexity index is 1140. The number of nitrogens with zero attached hydrogens (tertiary/aromatic N) is 2. The fraction of sp³-hybridized carbons (Fsp3) is 0.407. The van der Waals surface area contributed by atoms with Gasteiger partial charge in [0, 0.05) is 29.4 Å². The molecule has 0 atom stereocenters. The van der Waals surface area contributed by atoms with Gasteiger partial charge in [0.25, 0.3) is 0 Å². The second-order valence-electron chi connectivity index (χ2n) is 8.46. The van der Waals surface area contributed by atoms with Crippen LogP contribution in [0.3, 0.4) is 0 Å². The number of hydrogen-bond acceptors (Lipinski definition) is 5. The molecular weight excluding hydrogens is 473 g/mol. The molecule has 3 rings (SSSR count). The highest BCUT2D eigenvalue weighted by atomic mass is 19.4. The van der Waals surface area contributed by atoms with E-state index in [0.717, 1.165) is 41.8 Å². The molecule has 0 radical (unpaired) electrons. The summed E-state index contributed by atoms with van der Waals surface area (Å²) in [5.74, 6) is 0.947. The Labute approximate surface area is 209 Å². The van der Waals surface area contributed by atoms with Gasteiger partial charge in [0.15, 0.2) is 0 Å². The predicted octanol–water partition coefficient (Wildman–Crippen LogP) is 6.62. The molecule has 1 aromatic heterocycles. The van der Waals surface area contributed by atoms with Crippen LogP contribution < -0.4 is 9.47 Å². The van der Waals surface area contributed by atoms with E-state index in [4.69, 9.17) is 9.47 Å². The van der Waals surface area contributed by atoms with Gasteiger partial charge in [0.05, 0.1) is 19.8 Å². The van der Waals surface area contributed by atoms with E-state index in [1.54, 1.807) is 25.3 Å². The third-order valence-corrected chi connectivity index (χ3v) is 5.53. The summed E-state index contributed by atoms with van der Waals surface area (Å²) in [6.07, 6.45) is -0.162. The summed E-state index contributed by atoms with van der Waals surface area (Å²) in [6.45, 7) is 7.13. The monoisotopic (exact) mass is 504 g/mol. The Balaban J connectivity index is 1.68. The van der Waals surface area contributed by atoms with Crippen LogP contribution >= 0.6 is 0 Å². The first-order valence-electron chi connectivity index (χ1n) is 11.9. The molecule has 0 aliphatic rings. The van der Waals surface area contributed by atoms with E-state index in [0.29, 0.717) is 37.6 Å². The van der Waals surface area contributed by atoms with Crippen LogP contribution in [0.5, 0.6) is 11.5 Å². The molecule has 0 amide bonds. The van der Waals surface area contributed by atoms with Crippen LogP contribution in [0, 0.1) is 13.8 Å². The minimum atomic E-state index is -4.74. The van der Waals surface area contributed by atoms with Gasteiger partial charge in [-0.1, -0.05) is 17.7 Å². The highest BCUT2D eigenvalue weighted by Crippen LogP contribution is 2.29. The zero-order valence-electron chi connectivity index (χ0n) is 20.7. The van der Waals surface area contributed by atoms with Crippen LogP contribution in [0.2, 0.25) is 0 Å². The minimum absolute atomic E-state index is 0.173. The van der Waals surface area contributed by atoms with Crippen molar-refractivity contribution >= 4 is 5.97 Å². The third kappa shape index (κ3) is 8.03. The number of rotatable bonds is 12. The molecule has 0 spiro atoms. The number of aromatic nitrogens is 2. The smallest absolute Gasteiger partial charge is 0.493 e. The number of benzene rings is 2. The standard InChI is InChI=1S/C27H31F3N2O4/c1-4-34-25(33)8-6-5-7-15-35-24-14-9-19(2)16-22(24)18-32-20(3)17-31-26(32)21-10-12-23(13-11-21)36-27(28,29)30/h9-14,16-17H,4-8,15,18H2,1-3H3. The lowest BCUT2D eigenvalue weighted by Gasteiger charge is -2.16. The van der Waals surface area contributed by atoms with Gasteiger partial charge < -0.3 is 18.8 Å². The van der Waals surface area contributed by atoms with E-state index in [1.807, 2.05) is 30.5 Å². The van der Waals surface area contributed by atoms with Gasteiger partial charge in [-0.15, -0.1) is 13.2 Å². The van der Waals surface area contributed by atoms with E-state index < -0.39 is 6.36 Å². The van der Waals surface area contributed by atoms with Crippen LogP contribution in [0.1, 0.15) is 49.4 Å². The van der Waals surface area contributed by atoms with Gasteiger partial charge in [0.2, 0.25) is 0 Å². The van der Waals surface area contributed by atoms with Gasteiger partial charge in [-0.05, 0) is 70.4 Å². The van der Waals surface area contributed by atoms with Crippen LogP contribution in [0.25, 0.3) is 11.4 Å². The largest absolute Gasteiger partial charge is 0.573 e. The van der Waals surface area contributed by atoms with Crippen molar-refractivity contribution in [3.8, 4) is 22.9 Å². The molecule has 36 heavy (non-hydrogen) atoms. The second-order valence-corrected chi connectivity index (χ2v) is 8.46. The fourth-order valence-corrected chi connectivity index (χ4v) is 3.80. The Morgan fingerprint density at radius 1 is 1.03 bits per heavy atom. The van der Waals surface area contributed by atoms with Crippen LogP contribution in [0.15, 0.2) is 48.7 Å². The Kier molecular flexibility index (Phi) is 9.38. The highest BCUT2D eigenvalue weighted by Gasteiger charge is 2.31. The van der Waals surface area contributed by atoms with Crippen molar-refractivity contribution in [2.45, 2.75) is 59.4 Å². The van der Waals surface area contributed by atoms with E-state index in [-0.39, 0.29) is 11.7 Å². The summed E-state index contributed by atoms with van der Waals surface area (Å²) in [6, 6.07) is 11.7. The first kappa shape index (κ1) is 27.1. The van der Waals surface area contributed by atoms with Crippen molar-refractivity contribution in [3.63, 3.8) is 0 Å². The van der Waals surface area contributed by atoms with Crippen molar-refractivity contribution in [1.82, 2.24) is 9.55 Å². The van der Waals surface area contributed by atoms with Gasteiger partial charge in [-0.25, -0.2) is 4.98 Å². The SMILES string of the molecule is CCOC(=O)CCCCCOc1ccc(C)cc1Cn1c(C)cnc1-c1ccc(OC(F)(F)F)cc1. The van der Waals surface area contributed by atoms with E-state index >= 15 is 0 Å². The summed E-state index contributed by atoms with van der Waals surface area (Å²) < 4.78 is 54.4. The quantitative estimate of drug-likeness (QED) is 0.205. The molecule has 0 saturated carbocycles. The number of hydrogen-bond donors (Lipinski definition) is 0. The first-order chi connectivity index (χ1) is 17.2. The van der Waals surface area contributed by atoms with E-state index in [9.17, 15) is 18.0 Å². The molecule has 194 valence electrons. The summed E-state index contributed by atoms with van der Waals surface area (Å²) in [5, 5.41) is 0. The first-order valence-corrected chi connectivity index (χ1v) is 11.9. The summed E-state index contributed by atoms with van der Waals surface area (Å²) >= 11 is 0. The number of alkyl halides is 3. The number of ether oxygens (including phenoxy) is 3.